The molecule has 0 heteroatoms. The molecule has 72 valence electrons. The molecule has 0 saturated heterocycles. The molecule has 1 fully saturated rings. The Morgan fingerprint density at radius 1 is 1.08 bits per heavy atom. The average Bonchev–Trinajstić information content (AvgIpc) is 1.94. The van der Waals surface area contributed by atoms with Gasteiger partial charge in [0.15, 0.2) is 0 Å². The Bertz CT molecular complexity index is 116. The van der Waals surface area contributed by atoms with Crippen LogP contribution in [0.5, 0.6) is 0 Å². The maximum Gasteiger partial charge on any atom is -0.0349 e. The van der Waals surface area contributed by atoms with E-state index in [1.807, 2.05) is 0 Å². The van der Waals surface area contributed by atoms with Gasteiger partial charge in [0.05, 0.1) is 0 Å². The van der Waals surface area contributed by atoms with E-state index in [0.717, 1.165) is 5.92 Å². The van der Waals surface area contributed by atoms with Crippen LogP contribution in [0.1, 0.15) is 65.7 Å². The first-order chi connectivity index (χ1) is 5.64. The van der Waals surface area contributed by atoms with Crippen molar-refractivity contribution in [3.8, 4) is 0 Å². The van der Waals surface area contributed by atoms with E-state index >= 15 is 0 Å². The zero-order valence-electron chi connectivity index (χ0n) is 9.03. The van der Waals surface area contributed by atoms with Gasteiger partial charge in [-0.2, -0.15) is 0 Å². The SMILES string of the molecule is CCCCCCC1CC(C)(C)C1. The third kappa shape index (κ3) is 3.16. The Morgan fingerprint density at radius 3 is 2.25 bits per heavy atom. The second kappa shape index (κ2) is 4.30. The molecule has 1 aliphatic rings. The van der Waals surface area contributed by atoms with Crippen molar-refractivity contribution >= 4 is 0 Å². The molecule has 1 aliphatic carbocycles. The highest BCUT2D eigenvalue weighted by Crippen LogP contribution is 2.46. The lowest BCUT2D eigenvalue weighted by molar-refractivity contribution is 0.0876. The fraction of sp³-hybridized carbons (Fsp3) is 1.00. The minimum Gasteiger partial charge on any atom is -0.0654 e. The van der Waals surface area contributed by atoms with Gasteiger partial charge >= 0.3 is 0 Å². The molecule has 0 aliphatic heterocycles. The normalized spacial score (nSPS) is 22.2. The van der Waals surface area contributed by atoms with Gasteiger partial charge in [0.25, 0.3) is 0 Å². The first-order valence-electron chi connectivity index (χ1n) is 5.64. The summed E-state index contributed by atoms with van der Waals surface area (Å²) >= 11 is 0. The lowest BCUT2D eigenvalue weighted by Gasteiger charge is -2.42. The molecule has 0 radical (unpaired) electrons. The van der Waals surface area contributed by atoms with Gasteiger partial charge in [-0.25, -0.2) is 0 Å². The lowest BCUT2D eigenvalue weighted by Crippen LogP contribution is -2.31. The van der Waals surface area contributed by atoms with Crippen molar-refractivity contribution in [2.45, 2.75) is 65.7 Å². The zero-order chi connectivity index (χ0) is 9.03. The molecule has 0 heterocycles. The highest BCUT2D eigenvalue weighted by atomic mass is 14.4. The van der Waals surface area contributed by atoms with E-state index in [1.165, 1.54) is 44.9 Å². The largest absolute Gasteiger partial charge is 0.0654 e. The molecule has 0 unspecified atom stereocenters. The van der Waals surface area contributed by atoms with Gasteiger partial charge in [0, 0.05) is 0 Å². The van der Waals surface area contributed by atoms with Crippen molar-refractivity contribution in [3.05, 3.63) is 0 Å². The molecule has 0 N–H and O–H groups in total. The molecule has 0 nitrogen and oxygen atoms in total. The van der Waals surface area contributed by atoms with E-state index in [0.29, 0.717) is 5.41 Å². The van der Waals surface area contributed by atoms with E-state index in [4.69, 9.17) is 0 Å². The Balaban J connectivity index is 1.90. The van der Waals surface area contributed by atoms with Crippen LogP contribution in [-0.2, 0) is 0 Å². The first-order valence-corrected chi connectivity index (χ1v) is 5.64. The predicted octanol–water partition coefficient (Wildman–Crippen LogP) is 4.39. The van der Waals surface area contributed by atoms with E-state index < -0.39 is 0 Å². The fourth-order valence-electron chi connectivity index (χ4n) is 2.57. The van der Waals surface area contributed by atoms with Gasteiger partial charge < -0.3 is 0 Å². The maximum atomic E-state index is 2.40. The average molecular weight is 168 g/mol. The molecule has 0 amide bonds. The van der Waals surface area contributed by atoms with E-state index in [-0.39, 0.29) is 0 Å². The number of unbranched alkanes of at least 4 members (excludes halogenated alkanes) is 3. The van der Waals surface area contributed by atoms with Crippen LogP contribution in [-0.4, -0.2) is 0 Å². The summed E-state index contributed by atoms with van der Waals surface area (Å²) in [5.74, 6) is 1.08. The highest BCUT2D eigenvalue weighted by Gasteiger charge is 2.34. The Morgan fingerprint density at radius 2 is 1.75 bits per heavy atom. The van der Waals surface area contributed by atoms with Gasteiger partial charge in [0.2, 0.25) is 0 Å². The smallest absolute Gasteiger partial charge is 0.0349 e. The standard InChI is InChI=1S/C12H24/c1-4-5-6-7-8-11-9-12(2,3)10-11/h11H,4-10H2,1-3H3. The topological polar surface area (TPSA) is 0 Å². The van der Waals surface area contributed by atoms with Crippen LogP contribution in [0.25, 0.3) is 0 Å². The van der Waals surface area contributed by atoms with Crippen molar-refractivity contribution in [3.63, 3.8) is 0 Å². The van der Waals surface area contributed by atoms with Crippen LogP contribution < -0.4 is 0 Å². The van der Waals surface area contributed by atoms with Gasteiger partial charge in [0.1, 0.15) is 0 Å². The van der Waals surface area contributed by atoms with E-state index in [1.54, 1.807) is 0 Å². The number of rotatable bonds is 5. The molecule has 1 saturated carbocycles. The van der Waals surface area contributed by atoms with Crippen molar-refractivity contribution in [2.24, 2.45) is 11.3 Å². The Hall–Kier alpha value is 0. The van der Waals surface area contributed by atoms with Crippen LogP contribution >= 0.6 is 0 Å². The van der Waals surface area contributed by atoms with Gasteiger partial charge in [-0.15, -0.1) is 0 Å². The van der Waals surface area contributed by atoms with Crippen molar-refractivity contribution in [2.75, 3.05) is 0 Å². The minimum atomic E-state index is 0.690. The summed E-state index contributed by atoms with van der Waals surface area (Å²) in [7, 11) is 0. The molecule has 0 aromatic heterocycles. The summed E-state index contributed by atoms with van der Waals surface area (Å²) in [6.45, 7) is 7.08. The Labute approximate surface area is 77.7 Å². The highest BCUT2D eigenvalue weighted by molar-refractivity contribution is 4.86. The van der Waals surface area contributed by atoms with E-state index in [9.17, 15) is 0 Å². The molecular weight excluding hydrogens is 144 g/mol. The summed E-state index contributed by atoms with van der Waals surface area (Å²) in [6, 6.07) is 0. The fourth-order valence-corrected chi connectivity index (χ4v) is 2.57. The summed E-state index contributed by atoms with van der Waals surface area (Å²) < 4.78 is 0. The van der Waals surface area contributed by atoms with Crippen molar-refractivity contribution in [1.82, 2.24) is 0 Å². The summed E-state index contributed by atoms with van der Waals surface area (Å²) in [4.78, 5) is 0. The zero-order valence-corrected chi connectivity index (χ0v) is 9.03. The molecule has 0 spiro atoms. The molecule has 0 aromatic rings. The van der Waals surface area contributed by atoms with Crippen LogP contribution in [0, 0.1) is 11.3 Å². The molecular formula is C12H24. The number of hydrogen-bond acceptors (Lipinski definition) is 0. The van der Waals surface area contributed by atoms with Crippen LogP contribution in [0.4, 0.5) is 0 Å². The van der Waals surface area contributed by atoms with Gasteiger partial charge in [-0.3, -0.25) is 0 Å². The third-order valence-electron chi connectivity index (χ3n) is 3.15. The molecule has 0 atom stereocenters. The second-order valence-electron chi connectivity index (χ2n) is 5.29. The van der Waals surface area contributed by atoms with Crippen molar-refractivity contribution < 1.29 is 0 Å². The lowest BCUT2D eigenvalue weighted by atomic mass is 9.63. The summed E-state index contributed by atoms with van der Waals surface area (Å²) in [5, 5.41) is 0. The van der Waals surface area contributed by atoms with Crippen molar-refractivity contribution in [1.29, 1.82) is 0 Å². The molecule has 0 bridgehead atoms. The predicted molar refractivity (Wildman–Crippen MR) is 55.3 cm³/mol. The molecule has 1 rings (SSSR count). The van der Waals surface area contributed by atoms with E-state index in [2.05, 4.69) is 20.8 Å². The quantitative estimate of drug-likeness (QED) is 0.534. The number of hydrogen-bond donors (Lipinski definition) is 0. The first kappa shape index (κ1) is 10.1. The van der Waals surface area contributed by atoms with Crippen LogP contribution in [0.2, 0.25) is 0 Å². The van der Waals surface area contributed by atoms with Gasteiger partial charge in [-0.05, 0) is 24.2 Å². The second-order valence-corrected chi connectivity index (χ2v) is 5.29. The van der Waals surface area contributed by atoms with Gasteiger partial charge in [-0.1, -0.05) is 52.9 Å². The van der Waals surface area contributed by atoms with Crippen LogP contribution in [0.15, 0.2) is 0 Å². The molecule has 12 heavy (non-hydrogen) atoms. The summed E-state index contributed by atoms with van der Waals surface area (Å²) in [6.07, 6.45) is 10.2. The minimum absolute atomic E-state index is 0.690. The maximum absolute atomic E-state index is 2.40. The Kier molecular flexibility index (Phi) is 3.61. The molecule has 0 aromatic carbocycles. The summed E-state index contributed by atoms with van der Waals surface area (Å²) in [5.41, 5.74) is 0.690. The van der Waals surface area contributed by atoms with Crippen LogP contribution in [0.3, 0.4) is 0 Å². The third-order valence-corrected chi connectivity index (χ3v) is 3.15. The monoisotopic (exact) mass is 168 g/mol.